The van der Waals surface area contributed by atoms with E-state index in [1.807, 2.05) is 67.8 Å². The van der Waals surface area contributed by atoms with E-state index in [-0.39, 0.29) is 23.8 Å². The molecule has 0 fully saturated rings. The van der Waals surface area contributed by atoms with Gasteiger partial charge in [-0.15, -0.1) is 10.2 Å². The summed E-state index contributed by atoms with van der Waals surface area (Å²) >= 11 is 7.39. The van der Waals surface area contributed by atoms with Crippen LogP contribution in [0, 0.1) is 0 Å². The van der Waals surface area contributed by atoms with Gasteiger partial charge in [0, 0.05) is 11.6 Å². The summed E-state index contributed by atoms with van der Waals surface area (Å²) in [6.07, 6.45) is -0.308. The molecule has 2 aromatic carbocycles. The van der Waals surface area contributed by atoms with Gasteiger partial charge in [0.05, 0.1) is 11.8 Å². The molecule has 1 amide bonds. The Balaban J connectivity index is 1.60. The predicted octanol–water partition coefficient (Wildman–Crippen LogP) is 5.06. The van der Waals surface area contributed by atoms with E-state index in [0.717, 1.165) is 5.56 Å². The quantitative estimate of drug-likeness (QED) is 0.467. The SMILES string of the molecule is CCn1c(SCC(=O)NC(C)c2ccccc2)nnc1C(C)Oc1cccc(Cl)c1. The molecule has 0 aliphatic carbocycles. The Kier molecular flexibility index (Phi) is 7.76. The summed E-state index contributed by atoms with van der Waals surface area (Å²) in [5, 5.41) is 12.9. The molecule has 0 saturated heterocycles. The number of carbonyl (C=O) groups excluding carboxylic acids is 1. The van der Waals surface area contributed by atoms with E-state index in [1.165, 1.54) is 11.8 Å². The molecule has 2 atom stereocenters. The zero-order chi connectivity index (χ0) is 21.5. The molecule has 6 nitrogen and oxygen atoms in total. The summed E-state index contributed by atoms with van der Waals surface area (Å²) in [4.78, 5) is 12.4. The number of carbonyl (C=O) groups is 1. The van der Waals surface area contributed by atoms with E-state index in [2.05, 4.69) is 15.5 Å². The summed E-state index contributed by atoms with van der Waals surface area (Å²) in [5.41, 5.74) is 1.07. The third kappa shape index (κ3) is 5.77. The first-order valence-electron chi connectivity index (χ1n) is 9.80. The van der Waals surface area contributed by atoms with E-state index in [1.54, 1.807) is 12.1 Å². The molecule has 3 rings (SSSR count). The Morgan fingerprint density at radius 2 is 1.93 bits per heavy atom. The zero-order valence-electron chi connectivity index (χ0n) is 17.2. The molecule has 0 spiro atoms. The molecular weight excluding hydrogens is 420 g/mol. The monoisotopic (exact) mass is 444 g/mol. The number of nitrogens with one attached hydrogen (secondary N) is 1. The van der Waals surface area contributed by atoms with Gasteiger partial charge in [-0.3, -0.25) is 4.79 Å². The van der Waals surface area contributed by atoms with Gasteiger partial charge in [0.2, 0.25) is 5.91 Å². The third-order valence-corrected chi connectivity index (χ3v) is 5.75. The minimum absolute atomic E-state index is 0.0493. The van der Waals surface area contributed by atoms with Gasteiger partial charge in [-0.25, -0.2) is 0 Å². The van der Waals surface area contributed by atoms with E-state index in [9.17, 15) is 4.79 Å². The second-order valence-corrected chi connectivity index (χ2v) is 8.17. The molecule has 1 N–H and O–H groups in total. The largest absolute Gasteiger partial charge is 0.483 e. The molecule has 8 heteroatoms. The lowest BCUT2D eigenvalue weighted by Crippen LogP contribution is -2.28. The summed E-state index contributed by atoms with van der Waals surface area (Å²) in [6, 6.07) is 17.1. The van der Waals surface area contributed by atoms with Crippen molar-refractivity contribution in [2.75, 3.05) is 5.75 Å². The third-order valence-electron chi connectivity index (χ3n) is 4.54. The van der Waals surface area contributed by atoms with Gasteiger partial charge in [0.25, 0.3) is 0 Å². The van der Waals surface area contributed by atoms with Gasteiger partial charge in [-0.05, 0) is 44.5 Å². The van der Waals surface area contributed by atoms with Gasteiger partial charge in [-0.1, -0.05) is 59.8 Å². The lowest BCUT2D eigenvalue weighted by atomic mass is 10.1. The number of hydrogen-bond acceptors (Lipinski definition) is 5. The molecule has 0 radical (unpaired) electrons. The van der Waals surface area contributed by atoms with Crippen molar-refractivity contribution in [1.82, 2.24) is 20.1 Å². The molecule has 30 heavy (non-hydrogen) atoms. The van der Waals surface area contributed by atoms with Crippen molar-refractivity contribution in [2.45, 2.75) is 44.6 Å². The fourth-order valence-electron chi connectivity index (χ4n) is 3.04. The molecule has 2 unspecified atom stereocenters. The van der Waals surface area contributed by atoms with Crippen molar-refractivity contribution in [3.05, 3.63) is 71.0 Å². The Morgan fingerprint density at radius 1 is 1.17 bits per heavy atom. The summed E-state index contributed by atoms with van der Waals surface area (Å²) in [6.45, 7) is 6.58. The lowest BCUT2D eigenvalue weighted by Gasteiger charge is -2.16. The van der Waals surface area contributed by atoms with E-state index in [0.29, 0.717) is 28.3 Å². The van der Waals surface area contributed by atoms with Crippen molar-refractivity contribution in [3.8, 4) is 5.75 Å². The number of ether oxygens (including phenoxy) is 1. The van der Waals surface area contributed by atoms with Crippen molar-refractivity contribution in [3.63, 3.8) is 0 Å². The van der Waals surface area contributed by atoms with Crippen molar-refractivity contribution in [1.29, 1.82) is 0 Å². The first-order chi connectivity index (χ1) is 14.5. The van der Waals surface area contributed by atoms with E-state index < -0.39 is 0 Å². The van der Waals surface area contributed by atoms with Crippen LogP contribution in [0.3, 0.4) is 0 Å². The highest BCUT2D eigenvalue weighted by molar-refractivity contribution is 7.99. The highest BCUT2D eigenvalue weighted by atomic mass is 35.5. The number of halogens is 1. The molecule has 0 aliphatic heterocycles. The van der Waals surface area contributed by atoms with Crippen LogP contribution < -0.4 is 10.1 Å². The van der Waals surface area contributed by atoms with Crippen LogP contribution in [0.2, 0.25) is 5.02 Å². The maximum atomic E-state index is 12.4. The molecular formula is C22H25ClN4O2S. The second kappa shape index (κ2) is 10.5. The fraction of sp³-hybridized carbons (Fsp3) is 0.318. The van der Waals surface area contributed by atoms with Crippen LogP contribution in [0.5, 0.6) is 5.75 Å². The van der Waals surface area contributed by atoms with Crippen molar-refractivity contribution < 1.29 is 9.53 Å². The summed E-state index contributed by atoms with van der Waals surface area (Å²) in [5.74, 6) is 1.59. The van der Waals surface area contributed by atoms with Gasteiger partial charge in [0.1, 0.15) is 5.75 Å². The first-order valence-corrected chi connectivity index (χ1v) is 11.2. The summed E-state index contributed by atoms with van der Waals surface area (Å²) < 4.78 is 7.93. The van der Waals surface area contributed by atoms with Crippen LogP contribution in [0.4, 0.5) is 0 Å². The number of rotatable bonds is 9. The Hall–Kier alpha value is -2.51. The predicted molar refractivity (Wildman–Crippen MR) is 120 cm³/mol. The number of thioether (sulfide) groups is 1. The average molecular weight is 445 g/mol. The number of benzene rings is 2. The first kappa shape index (κ1) is 22.2. The standard InChI is InChI=1S/C22H25ClN4O2S/c1-4-27-21(16(3)29-19-12-8-11-18(23)13-19)25-26-22(27)30-14-20(28)24-15(2)17-9-6-5-7-10-17/h5-13,15-16H,4,14H2,1-3H3,(H,24,28). The molecule has 0 bridgehead atoms. The highest BCUT2D eigenvalue weighted by Gasteiger charge is 2.20. The van der Waals surface area contributed by atoms with Gasteiger partial charge in [-0.2, -0.15) is 0 Å². The zero-order valence-corrected chi connectivity index (χ0v) is 18.8. The minimum Gasteiger partial charge on any atom is -0.483 e. The molecule has 158 valence electrons. The second-order valence-electron chi connectivity index (χ2n) is 6.79. The topological polar surface area (TPSA) is 69.0 Å². The fourth-order valence-corrected chi connectivity index (χ4v) is 4.04. The number of hydrogen-bond donors (Lipinski definition) is 1. The van der Waals surface area contributed by atoms with E-state index >= 15 is 0 Å². The Bertz CT molecular complexity index is 980. The van der Waals surface area contributed by atoms with Crippen molar-refractivity contribution >= 4 is 29.3 Å². The number of aromatic nitrogens is 3. The molecule has 1 heterocycles. The van der Waals surface area contributed by atoms with Crippen LogP contribution in [-0.4, -0.2) is 26.4 Å². The van der Waals surface area contributed by atoms with Crippen LogP contribution in [0.15, 0.2) is 59.8 Å². The van der Waals surface area contributed by atoms with Crippen molar-refractivity contribution in [2.24, 2.45) is 0 Å². The van der Waals surface area contributed by atoms with Crippen LogP contribution in [-0.2, 0) is 11.3 Å². The van der Waals surface area contributed by atoms with Gasteiger partial charge in [0.15, 0.2) is 17.1 Å². The van der Waals surface area contributed by atoms with E-state index in [4.69, 9.17) is 16.3 Å². The number of nitrogens with zero attached hydrogens (tertiary/aromatic N) is 3. The van der Waals surface area contributed by atoms with Crippen LogP contribution in [0.1, 0.15) is 44.3 Å². The average Bonchev–Trinajstić information content (AvgIpc) is 3.16. The lowest BCUT2D eigenvalue weighted by molar-refractivity contribution is -0.119. The maximum Gasteiger partial charge on any atom is 0.230 e. The molecule has 1 aromatic heterocycles. The van der Waals surface area contributed by atoms with Gasteiger partial charge >= 0.3 is 0 Å². The van der Waals surface area contributed by atoms with Gasteiger partial charge < -0.3 is 14.6 Å². The molecule has 0 aliphatic rings. The smallest absolute Gasteiger partial charge is 0.230 e. The normalized spacial score (nSPS) is 12.9. The Labute approximate surface area is 186 Å². The minimum atomic E-state index is -0.308. The molecule has 3 aromatic rings. The summed E-state index contributed by atoms with van der Waals surface area (Å²) in [7, 11) is 0. The van der Waals surface area contributed by atoms with Crippen LogP contribution in [0.25, 0.3) is 0 Å². The molecule has 0 saturated carbocycles. The number of amides is 1. The highest BCUT2D eigenvalue weighted by Crippen LogP contribution is 2.26. The maximum absolute atomic E-state index is 12.4. The Morgan fingerprint density at radius 3 is 2.63 bits per heavy atom. The van der Waals surface area contributed by atoms with Crippen LogP contribution >= 0.6 is 23.4 Å².